The molecule has 0 aliphatic heterocycles. The molecule has 1 aromatic rings. The highest BCUT2D eigenvalue weighted by atomic mass is 32.2. The van der Waals surface area contributed by atoms with Gasteiger partial charge in [-0.25, -0.2) is 4.79 Å². The Bertz CT molecular complexity index is 368. The highest BCUT2D eigenvalue weighted by molar-refractivity contribution is 7.99. The van der Waals surface area contributed by atoms with E-state index in [0.29, 0.717) is 6.54 Å². The predicted molar refractivity (Wildman–Crippen MR) is 72.7 cm³/mol. The van der Waals surface area contributed by atoms with Crippen molar-refractivity contribution < 1.29 is 14.6 Å². The maximum Gasteiger partial charge on any atom is 0.338 e. The van der Waals surface area contributed by atoms with Crippen LogP contribution in [0.4, 0.5) is 0 Å². The SMILES string of the molecule is COC(=O)C(C)(O)CNCCSc1ccccc1. The van der Waals surface area contributed by atoms with E-state index in [1.807, 2.05) is 18.2 Å². The third kappa shape index (κ3) is 5.08. The van der Waals surface area contributed by atoms with Crippen LogP contribution in [0.15, 0.2) is 35.2 Å². The minimum atomic E-state index is -1.47. The molecule has 1 rings (SSSR count). The van der Waals surface area contributed by atoms with E-state index in [4.69, 9.17) is 0 Å². The average molecular weight is 269 g/mol. The first kappa shape index (κ1) is 15.0. The lowest BCUT2D eigenvalue weighted by molar-refractivity contribution is -0.159. The number of nitrogens with one attached hydrogen (secondary N) is 1. The van der Waals surface area contributed by atoms with Gasteiger partial charge in [0.2, 0.25) is 0 Å². The number of carbonyl (C=O) groups excluding carboxylic acids is 1. The molecule has 0 aliphatic rings. The van der Waals surface area contributed by atoms with Crippen molar-refractivity contribution in [1.29, 1.82) is 0 Å². The van der Waals surface area contributed by atoms with Gasteiger partial charge < -0.3 is 15.2 Å². The standard InChI is InChI=1S/C13H19NO3S/c1-13(16,12(15)17-2)10-14-8-9-18-11-6-4-3-5-7-11/h3-7,14,16H,8-10H2,1-2H3. The number of ether oxygens (including phenoxy) is 1. The van der Waals surface area contributed by atoms with E-state index in [2.05, 4.69) is 22.2 Å². The molecule has 0 fully saturated rings. The fourth-order valence-corrected chi connectivity index (χ4v) is 2.21. The summed E-state index contributed by atoms with van der Waals surface area (Å²) in [6.07, 6.45) is 0. The maximum absolute atomic E-state index is 11.2. The van der Waals surface area contributed by atoms with Crippen molar-refractivity contribution in [3.63, 3.8) is 0 Å². The van der Waals surface area contributed by atoms with Crippen LogP contribution in [0.25, 0.3) is 0 Å². The molecular formula is C13H19NO3S. The summed E-state index contributed by atoms with van der Waals surface area (Å²) in [4.78, 5) is 12.4. The van der Waals surface area contributed by atoms with E-state index in [1.165, 1.54) is 18.9 Å². The second-order valence-electron chi connectivity index (χ2n) is 4.10. The lowest BCUT2D eigenvalue weighted by Crippen LogP contribution is -2.46. The molecule has 0 heterocycles. The Balaban J connectivity index is 2.17. The number of methoxy groups -OCH3 is 1. The molecule has 0 aliphatic carbocycles. The van der Waals surface area contributed by atoms with Crippen molar-refractivity contribution in [2.75, 3.05) is 26.0 Å². The summed E-state index contributed by atoms with van der Waals surface area (Å²) in [5, 5.41) is 12.8. The zero-order valence-corrected chi connectivity index (χ0v) is 11.5. The quantitative estimate of drug-likeness (QED) is 0.444. The molecule has 0 aromatic heterocycles. The smallest absolute Gasteiger partial charge is 0.338 e. The van der Waals surface area contributed by atoms with Gasteiger partial charge in [-0.1, -0.05) is 18.2 Å². The second kappa shape index (κ2) is 7.41. The maximum atomic E-state index is 11.2. The molecular weight excluding hydrogens is 250 g/mol. The van der Waals surface area contributed by atoms with Crippen LogP contribution in [-0.2, 0) is 9.53 Å². The van der Waals surface area contributed by atoms with Crippen molar-refractivity contribution >= 4 is 17.7 Å². The summed E-state index contributed by atoms with van der Waals surface area (Å²) in [6, 6.07) is 10.1. The fraction of sp³-hybridized carbons (Fsp3) is 0.462. The Hall–Kier alpha value is -1.04. The molecule has 1 unspecified atom stereocenters. The van der Waals surface area contributed by atoms with E-state index in [9.17, 15) is 9.90 Å². The summed E-state index contributed by atoms with van der Waals surface area (Å²) in [7, 11) is 1.27. The van der Waals surface area contributed by atoms with Crippen molar-refractivity contribution in [1.82, 2.24) is 5.32 Å². The van der Waals surface area contributed by atoms with Crippen LogP contribution in [0.5, 0.6) is 0 Å². The molecule has 0 bridgehead atoms. The van der Waals surface area contributed by atoms with Crippen LogP contribution in [0.2, 0.25) is 0 Å². The van der Waals surface area contributed by atoms with Crippen molar-refractivity contribution in [2.24, 2.45) is 0 Å². The summed E-state index contributed by atoms with van der Waals surface area (Å²) in [5.74, 6) is 0.257. The minimum absolute atomic E-state index is 0.190. The van der Waals surface area contributed by atoms with E-state index in [0.717, 1.165) is 5.75 Å². The summed E-state index contributed by atoms with van der Waals surface area (Å²) in [5.41, 5.74) is -1.47. The molecule has 0 saturated carbocycles. The van der Waals surface area contributed by atoms with Crippen LogP contribution in [0, 0.1) is 0 Å². The van der Waals surface area contributed by atoms with E-state index < -0.39 is 11.6 Å². The van der Waals surface area contributed by atoms with Crippen molar-refractivity contribution in [3.8, 4) is 0 Å². The summed E-state index contributed by atoms with van der Waals surface area (Å²) in [6.45, 7) is 2.35. The lowest BCUT2D eigenvalue weighted by Gasteiger charge is -2.20. The van der Waals surface area contributed by atoms with E-state index in [1.54, 1.807) is 11.8 Å². The highest BCUT2D eigenvalue weighted by Gasteiger charge is 2.30. The molecule has 4 nitrogen and oxygen atoms in total. The number of hydrogen-bond donors (Lipinski definition) is 2. The first-order valence-corrected chi connectivity index (χ1v) is 6.74. The minimum Gasteiger partial charge on any atom is -0.467 e. The molecule has 0 spiro atoms. The first-order valence-electron chi connectivity index (χ1n) is 5.75. The Morgan fingerprint density at radius 3 is 2.72 bits per heavy atom. The lowest BCUT2D eigenvalue weighted by atomic mass is 10.1. The Morgan fingerprint density at radius 1 is 1.44 bits per heavy atom. The number of esters is 1. The Kier molecular flexibility index (Phi) is 6.18. The molecule has 1 atom stereocenters. The topological polar surface area (TPSA) is 58.6 Å². The van der Waals surface area contributed by atoms with Gasteiger partial charge in [-0.2, -0.15) is 0 Å². The van der Waals surface area contributed by atoms with Crippen molar-refractivity contribution in [2.45, 2.75) is 17.4 Å². The third-order valence-corrected chi connectivity index (χ3v) is 3.40. The van der Waals surface area contributed by atoms with Gasteiger partial charge in [0.25, 0.3) is 0 Å². The molecule has 0 amide bonds. The monoisotopic (exact) mass is 269 g/mol. The van der Waals surface area contributed by atoms with Crippen LogP contribution in [0.3, 0.4) is 0 Å². The zero-order chi connectivity index (χ0) is 13.4. The molecule has 0 radical (unpaired) electrons. The van der Waals surface area contributed by atoms with E-state index in [-0.39, 0.29) is 6.54 Å². The van der Waals surface area contributed by atoms with Crippen LogP contribution in [0.1, 0.15) is 6.92 Å². The van der Waals surface area contributed by atoms with Gasteiger partial charge >= 0.3 is 5.97 Å². The van der Waals surface area contributed by atoms with Gasteiger partial charge in [0.05, 0.1) is 7.11 Å². The Labute approximate surface area is 112 Å². The number of hydrogen-bond acceptors (Lipinski definition) is 5. The molecule has 1 aromatic carbocycles. The number of carbonyl (C=O) groups is 1. The largest absolute Gasteiger partial charge is 0.467 e. The predicted octanol–water partition coefficient (Wildman–Crippen LogP) is 1.29. The number of thioether (sulfide) groups is 1. The molecule has 18 heavy (non-hydrogen) atoms. The molecule has 0 saturated heterocycles. The average Bonchev–Trinajstić information content (AvgIpc) is 2.38. The van der Waals surface area contributed by atoms with Crippen LogP contribution < -0.4 is 5.32 Å². The first-order chi connectivity index (χ1) is 8.56. The number of rotatable bonds is 7. The molecule has 2 N–H and O–H groups in total. The van der Waals surface area contributed by atoms with E-state index >= 15 is 0 Å². The zero-order valence-electron chi connectivity index (χ0n) is 10.7. The number of benzene rings is 1. The van der Waals surface area contributed by atoms with Gasteiger partial charge in [0.15, 0.2) is 5.60 Å². The molecule has 100 valence electrons. The van der Waals surface area contributed by atoms with Gasteiger partial charge in [0.1, 0.15) is 0 Å². The molecule has 5 heteroatoms. The fourth-order valence-electron chi connectivity index (χ4n) is 1.38. The van der Waals surface area contributed by atoms with Crippen molar-refractivity contribution in [3.05, 3.63) is 30.3 Å². The van der Waals surface area contributed by atoms with Gasteiger partial charge in [-0.15, -0.1) is 11.8 Å². The van der Waals surface area contributed by atoms with Crippen LogP contribution in [-0.4, -0.2) is 42.6 Å². The normalized spacial score (nSPS) is 13.9. The Morgan fingerprint density at radius 2 is 2.11 bits per heavy atom. The third-order valence-electron chi connectivity index (χ3n) is 2.39. The van der Waals surface area contributed by atoms with Crippen LogP contribution >= 0.6 is 11.8 Å². The summed E-state index contributed by atoms with van der Waals surface area (Å²) >= 11 is 1.72. The second-order valence-corrected chi connectivity index (χ2v) is 5.27. The number of aliphatic hydroxyl groups is 1. The van der Waals surface area contributed by atoms with Gasteiger partial charge in [0, 0.05) is 23.7 Å². The van der Waals surface area contributed by atoms with Gasteiger partial charge in [-0.05, 0) is 19.1 Å². The summed E-state index contributed by atoms with van der Waals surface area (Å²) < 4.78 is 4.51. The highest BCUT2D eigenvalue weighted by Crippen LogP contribution is 2.15. The van der Waals surface area contributed by atoms with Gasteiger partial charge in [-0.3, -0.25) is 0 Å².